The van der Waals surface area contributed by atoms with Crippen molar-refractivity contribution in [2.24, 2.45) is 33.5 Å². The van der Waals surface area contributed by atoms with E-state index in [4.69, 9.17) is 22.3 Å². The molecule has 0 saturated carbocycles. The lowest BCUT2D eigenvalue weighted by Gasteiger charge is -2.29. The van der Waals surface area contributed by atoms with E-state index in [1.807, 2.05) is 0 Å². The van der Waals surface area contributed by atoms with Crippen molar-refractivity contribution < 1.29 is 0 Å². The van der Waals surface area contributed by atoms with Crippen LogP contribution in [0.25, 0.3) is 0 Å². The van der Waals surface area contributed by atoms with E-state index in [-0.39, 0.29) is 36.5 Å². The van der Waals surface area contributed by atoms with Crippen molar-refractivity contribution in [2.45, 2.75) is 65.5 Å². The van der Waals surface area contributed by atoms with Crippen molar-refractivity contribution in [1.82, 2.24) is 0 Å². The number of nitrogens with two attached hydrogens (primary N) is 2. The van der Waals surface area contributed by atoms with Gasteiger partial charge in [0.25, 0.3) is 0 Å². The highest BCUT2D eigenvalue weighted by Gasteiger charge is 2.33. The van der Waals surface area contributed by atoms with E-state index < -0.39 is 11.1 Å². The number of hydrogen-bond acceptors (Lipinski definition) is 4. The summed E-state index contributed by atoms with van der Waals surface area (Å²) in [5.74, 6) is 0.670. The minimum absolute atomic E-state index is 0. The molecule has 0 spiro atoms. The molecule has 8 heteroatoms. The molecular weight excluding hydrogens is 323 g/mol. The largest absolute Gasteiger partial charge is 0.386 e. The Bertz CT molecular complexity index is 361. The topological polar surface area (TPSA) is 124 Å². The molecule has 0 fully saturated rings. The number of nitrogens with one attached hydrogen (secondary N) is 2. The fraction of sp³-hybridized carbons (Fsp3) is 0.857. The van der Waals surface area contributed by atoms with Crippen LogP contribution in [0.1, 0.15) is 54.4 Å². The van der Waals surface area contributed by atoms with Gasteiger partial charge in [-0.15, -0.1) is 24.8 Å². The van der Waals surface area contributed by atoms with Crippen molar-refractivity contribution in [3.05, 3.63) is 0 Å². The maximum absolute atomic E-state index is 7.74. The minimum Gasteiger partial charge on any atom is -0.386 e. The Balaban J connectivity index is -0.00000180. The third-order valence-electron chi connectivity index (χ3n) is 3.26. The predicted molar refractivity (Wildman–Crippen MR) is 98.9 cm³/mol. The van der Waals surface area contributed by atoms with E-state index in [9.17, 15) is 0 Å². The van der Waals surface area contributed by atoms with Gasteiger partial charge < -0.3 is 11.5 Å². The molecule has 22 heavy (non-hydrogen) atoms. The summed E-state index contributed by atoms with van der Waals surface area (Å²) in [5.41, 5.74) is 9.68. The maximum atomic E-state index is 7.74. The fourth-order valence-corrected chi connectivity index (χ4v) is 2.22. The molecule has 0 bridgehead atoms. The van der Waals surface area contributed by atoms with Crippen molar-refractivity contribution in [3.63, 3.8) is 0 Å². The van der Waals surface area contributed by atoms with Crippen molar-refractivity contribution in [2.75, 3.05) is 0 Å². The zero-order valence-electron chi connectivity index (χ0n) is 14.4. The van der Waals surface area contributed by atoms with Gasteiger partial charge in [0, 0.05) is 0 Å². The Kier molecular flexibility index (Phi) is 11.8. The first-order chi connectivity index (χ1) is 8.93. The molecule has 0 aromatic rings. The zero-order chi connectivity index (χ0) is 16.1. The summed E-state index contributed by atoms with van der Waals surface area (Å²) in [4.78, 5) is 0. The lowest BCUT2D eigenvalue weighted by Crippen LogP contribution is -2.43. The maximum Gasteiger partial charge on any atom is 0.135 e. The number of azo groups is 1. The highest BCUT2D eigenvalue weighted by Crippen LogP contribution is 2.26. The van der Waals surface area contributed by atoms with E-state index in [0.717, 1.165) is 0 Å². The quantitative estimate of drug-likeness (QED) is 0.301. The summed E-state index contributed by atoms with van der Waals surface area (Å²) in [6, 6.07) is 0. The molecule has 2 unspecified atom stereocenters. The Morgan fingerprint density at radius 1 is 0.818 bits per heavy atom. The molecule has 0 saturated heterocycles. The van der Waals surface area contributed by atoms with Crippen LogP contribution in [-0.4, -0.2) is 22.7 Å². The summed E-state index contributed by atoms with van der Waals surface area (Å²) < 4.78 is 0. The van der Waals surface area contributed by atoms with Crippen LogP contribution in [0.15, 0.2) is 10.2 Å². The third-order valence-corrected chi connectivity index (χ3v) is 3.26. The Hall–Kier alpha value is -0.880. The van der Waals surface area contributed by atoms with Crippen LogP contribution in [0.2, 0.25) is 0 Å². The molecule has 0 aliphatic carbocycles. The smallest absolute Gasteiger partial charge is 0.135 e. The van der Waals surface area contributed by atoms with Crippen LogP contribution in [0.5, 0.6) is 0 Å². The first-order valence-electron chi connectivity index (χ1n) is 7.06. The second kappa shape index (κ2) is 10.0. The van der Waals surface area contributed by atoms with Gasteiger partial charge in [-0.1, -0.05) is 27.7 Å². The van der Waals surface area contributed by atoms with Crippen LogP contribution < -0.4 is 11.5 Å². The van der Waals surface area contributed by atoms with Gasteiger partial charge in [-0.25, -0.2) is 0 Å². The molecule has 0 heterocycles. The lowest BCUT2D eigenvalue weighted by atomic mass is 9.89. The number of halogens is 2. The molecule has 0 aromatic carbocycles. The Morgan fingerprint density at radius 2 is 1.05 bits per heavy atom. The summed E-state index contributed by atoms with van der Waals surface area (Å²) in [6.45, 7) is 11.8. The average molecular weight is 355 g/mol. The van der Waals surface area contributed by atoms with Crippen molar-refractivity contribution in [1.29, 1.82) is 10.8 Å². The fourth-order valence-electron chi connectivity index (χ4n) is 2.22. The van der Waals surface area contributed by atoms with Gasteiger partial charge in [0.1, 0.15) is 22.7 Å². The second-order valence-corrected chi connectivity index (χ2v) is 6.77. The predicted octanol–water partition coefficient (Wildman–Crippen LogP) is 3.76. The standard InChI is InChI=1S/C14H30N6.2ClH/c1-9(2)7-13(5,11(15)16)19-20-14(6,12(17)18)8-10(3)4;;/h9-10H,7-8H2,1-6H3,(H3,15,16)(H3,17,18);2*1H. The van der Waals surface area contributed by atoms with Gasteiger partial charge in [-0.2, -0.15) is 10.2 Å². The SMILES string of the molecule is CC(C)CC(C)(N=NC(C)(CC(C)C)C(=N)N)C(=N)N.Cl.Cl. The minimum atomic E-state index is -0.831. The molecule has 0 amide bonds. The first-order valence-corrected chi connectivity index (χ1v) is 7.06. The molecular formula is C14H32Cl2N6. The van der Waals surface area contributed by atoms with E-state index in [0.29, 0.717) is 24.7 Å². The van der Waals surface area contributed by atoms with Crippen LogP contribution in [-0.2, 0) is 0 Å². The van der Waals surface area contributed by atoms with Crippen LogP contribution in [0.3, 0.4) is 0 Å². The van der Waals surface area contributed by atoms with Gasteiger partial charge >= 0.3 is 0 Å². The summed E-state index contributed by atoms with van der Waals surface area (Å²) in [6.07, 6.45) is 1.28. The molecule has 0 aromatic heterocycles. The molecule has 2 atom stereocenters. The lowest BCUT2D eigenvalue weighted by molar-refractivity contribution is 0.396. The van der Waals surface area contributed by atoms with Crippen LogP contribution in [0.4, 0.5) is 0 Å². The van der Waals surface area contributed by atoms with Gasteiger partial charge in [0.05, 0.1) is 0 Å². The molecule has 0 radical (unpaired) electrons. The van der Waals surface area contributed by atoms with Crippen molar-refractivity contribution in [3.8, 4) is 0 Å². The van der Waals surface area contributed by atoms with E-state index in [1.165, 1.54) is 0 Å². The molecule has 0 rings (SSSR count). The first kappa shape index (κ1) is 26.0. The summed E-state index contributed by atoms with van der Waals surface area (Å²) in [5, 5.41) is 24.1. The highest BCUT2D eigenvalue weighted by molar-refractivity contribution is 5.88. The highest BCUT2D eigenvalue weighted by atomic mass is 35.5. The van der Waals surface area contributed by atoms with E-state index in [1.54, 1.807) is 13.8 Å². The monoisotopic (exact) mass is 354 g/mol. The van der Waals surface area contributed by atoms with Crippen LogP contribution >= 0.6 is 24.8 Å². The summed E-state index contributed by atoms with van der Waals surface area (Å²) >= 11 is 0. The third kappa shape index (κ3) is 7.94. The van der Waals surface area contributed by atoms with Gasteiger partial charge in [-0.05, 0) is 38.5 Å². The Labute approximate surface area is 146 Å². The number of hydrogen-bond donors (Lipinski definition) is 4. The zero-order valence-corrected chi connectivity index (χ0v) is 16.1. The van der Waals surface area contributed by atoms with Gasteiger partial charge in [-0.3, -0.25) is 10.8 Å². The number of amidine groups is 2. The van der Waals surface area contributed by atoms with Gasteiger partial charge in [0.15, 0.2) is 0 Å². The van der Waals surface area contributed by atoms with E-state index >= 15 is 0 Å². The molecule has 6 nitrogen and oxygen atoms in total. The normalized spacial score (nSPS) is 16.5. The average Bonchev–Trinajstić information content (AvgIpc) is 2.24. The molecule has 132 valence electrons. The second-order valence-electron chi connectivity index (χ2n) is 6.77. The number of nitrogens with zero attached hydrogens (tertiary/aromatic N) is 2. The Morgan fingerprint density at radius 3 is 1.18 bits per heavy atom. The summed E-state index contributed by atoms with van der Waals surface area (Å²) in [7, 11) is 0. The molecule has 0 aliphatic rings. The van der Waals surface area contributed by atoms with Gasteiger partial charge in [0.2, 0.25) is 0 Å². The van der Waals surface area contributed by atoms with E-state index in [2.05, 4.69) is 37.9 Å². The van der Waals surface area contributed by atoms with Crippen LogP contribution in [0, 0.1) is 22.7 Å². The molecule has 6 N–H and O–H groups in total. The van der Waals surface area contributed by atoms with Crippen molar-refractivity contribution >= 4 is 36.5 Å². The number of rotatable bonds is 8. The molecule has 0 aliphatic heterocycles.